The predicted octanol–water partition coefficient (Wildman–Crippen LogP) is 1.01. The minimum Gasteiger partial charge on any atom is -0.466 e. The van der Waals surface area contributed by atoms with Gasteiger partial charge >= 0.3 is 5.97 Å². The molecule has 7 heteroatoms. The molecule has 1 aliphatic heterocycles. The maximum Gasteiger partial charge on any atom is 0.310 e. The van der Waals surface area contributed by atoms with Gasteiger partial charge in [0, 0.05) is 25.8 Å². The second-order valence-corrected chi connectivity index (χ2v) is 5.28. The van der Waals surface area contributed by atoms with Gasteiger partial charge in [-0.3, -0.25) is 14.4 Å². The molecule has 2 fully saturated rings. The molecule has 5 nitrogen and oxygen atoms in total. The van der Waals surface area contributed by atoms with E-state index in [1.165, 1.54) is 0 Å². The van der Waals surface area contributed by atoms with Crippen LogP contribution in [0.2, 0.25) is 0 Å². The Kier molecular flexibility index (Phi) is 4.06. The van der Waals surface area contributed by atoms with E-state index in [1.807, 2.05) is 0 Å². The summed E-state index contributed by atoms with van der Waals surface area (Å²) in [6.07, 6.45) is -0.479. The Morgan fingerprint density at radius 3 is 2.55 bits per heavy atom. The number of alkyl halides is 2. The topological polar surface area (TPSA) is 63.7 Å². The molecule has 1 heterocycles. The molecule has 0 aromatic rings. The summed E-state index contributed by atoms with van der Waals surface area (Å²) in [5, 5.41) is 0. The number of carbonyl (C=O) groups excluding carboxylic acids is 3. The molecule has 0 radical (unpaired) electrons. The maximum absolute atomic E-state index is 13.1. The van der Waals surface area contributed by atoms with Crippen molar-refractivity contribution in [2.24, 2.45) is 11.8 Å². The molecule has 1 saturated heterocycles. The van der Waals surface area contributed by atoms with Crippen molar-refractivity contribution >= 4 is 17.7 Å². The van der Waals surface area contributed by atoms with E-state index in [9.17, 15) is 23.2 Å². The summed E-state index contributed by atoms with van der Waals surface area (Å²) in [7, 11) is 0. The van der Waals surface area contributed by atoms with Gasteiger partial charge in [0.2, 0.25) is 5.91 Å². The number of ether oxygens (including phenoxy) is 1. The van der Waals surface area contributed by atoms with Gasteiger partial charge in [-0.25, -0.2) is 8.78 Å². The van der Waals surface area contributed by atoms with Crippen LogP contribution in [0.25, 0.3) is 0 Å². The summed E-state index contributed by atoms with van der Waals surface area (Å²) in [4.78, 5) is 36.5. The van der Waals surface area contributed by atoms with Gasteiger partial charge in [0.05, 0.1) is 25.0 Å². The fraction of sp³-hybridized carbons (Fsp3) is 0.769. The predicted molar refractivity (Wildman–Crippen MR) is 64.0 cm³/mol. The Bertz CT molecular complexity index is 438. The highest BCUT2D eigenvalue weighted by Gasteiger charge is 2.48. The van der Waals surface area contributed by atoms with Crippen molar-refractivity contribution in [2.45, 2.75) is 32.1 Å². The van der Waals surface area contributed by atoms with Crippen LogP contribution in [0, 0.1) is 11.8 Å². The van der Waals surface area contributed by atoms with Crippen molar-refractivity contribution in [2.75, 3.05) is 19.7 Å². The van der Waals surface area contributed by atoms with Gasteiger partial charge in [-0.2, -0.15) is 0 Å². The number of nitrogens with zero attached hydrogens (tertiary/aromatic N) is 1. The van der Waals surface area contributed by atoms with Crippen LogP contribution in [0.5, 0.6) is 0 Å². The lowest BCUT2D eigenvalue weighted by atomic mass is 9.95. The number of rotatable bonds is 3. The highest BCUT2D eigenvalue weighted by Crippen LogP contribution is 2.35. The number of ketones is 1. The fourth-order valence-corrected chi connectivity index (χ4v) is 2.77. The highest BCUT2D eigenvalue weighted by atomic mass is 19.3. The molecule has 2 atom stereocenters. The van der Waals surface area contributed by atoms with E-state index in [1.54, 1.807) is 6.92 Å². The molecule has 0 aromatic carbocycles. The first-order valence-corrected chi connectivity index (χ1v) is 6.69. The van der Waals surface area contributed by atoms with Gasteiger partial charge in [-0.15, -0.1) is 0 Å². The lowest BCUT2D eigenvalue weighted by molar-refractivity contribution is -0.153. The zero-order valence-electron chi connectivity index (χ0n) is 11.2. The van der Waals surface area contributed by atoms with Gasteiger partial charge in [-0.05, 0) is 6.92 Å². The molecular formula is C13H17F2NO4. The summed E-state index contributed by atoms with van der Waals surface area (Å²) in [6, 6.07) is 0. The Hall–Kier alpha value is -1.53. The molecule has 112 valence electrons. The summed E-state index contributed by atoms with van der Waals surface area (Å²) >= 11 is 0. The van der Waals surface area contributed by atoms with E-state index in [4.69, 9.17) is 4.74 Å². The molecule has 20 heavy (non-hydrogen) atoms. The van der Waals surface area contributed by atoms with Crippen molar-refractivity contribution in [1.29, 1.82) is 0 Å². The van der Waals surface area contributed by atoms with Crippen LogP contribution >= 0.6 is 0 Å². The van der Waals surface area contributed by atoms with Crippen LogP contribution in [0.4, 0.5) is 8.78 Å². The summed E-state index contributed by atoms with van der Waals surface area (Å²) in [5.41, 5.74) is 0. The smallest absolute Gasteiger partial charge is 0.310 e. The number of esters is 1. The number of carbonyl (C=O) groups is 3. The number of hydrogen-bond acceptors (Lipinski definition) is 4. The Balaban J connectivity index is 2.07. The number of hydrogen-bond donors (Lipinski definition) is 0. The zero-order valence-corrected chi connectivity index (χ0v) is 11.2. The normalized spacial score (nSPS) is 28.8. The molecule has 2 rings (SSSR count). The molecule has 1 aliphatic carbocycles. The van der Waals surface area contributed by atoms with E-state index in [2.05, 4.69) is 0 Å². The lowest BCUT2D eigenvalue weighted by Gasteiger charge is -2.23. The van der Waals surface area contributed by atoms with Gasteiger partial charge in [0.1, 0.15) is 5.78 Å². The maximum atomic E-state index is 13.1. The van der Waals surface area contributed by atoms with Crippen LogP contribution in [0.3, 0.4) is 0 Å². The average Bonchev–Trinajstić information content (AvgIpc) is 2.92. The molecule has 1 saturated carbocycles. The van der Waals surface area contributed by atoms with Gasteiger partial charge in [0.25, 0.3) is 5.92 Å². The Labute approximate surface area is 115 Å². The second-order valence-electron chi connectivity index (χ2n) is 5.28. The second kappa shape index (κ2) is 5.46. The molecular weight excluding hydrogens is 272 g/mol. The molecule has 2 aliphatic rings. The first kappa shape index (κ1) is 14.9. The molecule has 0 N–H and O–H groups in total. The Morgan fingerprint density at radius 2 is 2.00 bits per heavy atom. The largest absolute Gasteiger partial charge is 0.466 e. The van der Waals surface area contributed by atoms with Gasteiger partial charge in [-0.1, -0.05) is 0 Å². The molecule has 0 unspecified atom stereocenters. The van der Waals surface area contributed by atoms with Crippen molar-refractivity contribution in [1.82, 2.24) is 4.90 Å². The highest BCUT2D eigenvalue weighted by molar-refractivity contribution is 5.96. The molecule has 0 bridgehead atoms. The first-order valence-electron chi connectivity index (χ1n) is 6.69. The summed E-state index contributed by atoms with van der Waals surface area (Å²) in [6.45, 7) is 1.12. The zero-order chi connectivity index (χ0) is 14.9. The van der Waals surface area contributed by atoms with Crippen LogP contribution < -0.4 is 0 Å². The van der Waals surface area contributed by atoms with Crippen LogP contribution in [-0.2, 0) is 19.1 Å². The minimum atomic E-state index is -2.88. The number of halogens is 2. The Morgan fingerprint density at radius 1 is 1.35 bits per heavy atom. The third-order valence-corrected chi connectivity index (χ3v) is 3.77. The quantitative estimate of drug-likeness (QED) is 0.727. The fourth-order valence-electron chi connectivity index (χ4n) is 2.77. The van der Waals surface area contributed by atoms with E-state index in [0.29, 0.717) is 0 Å². The molecule has 0 spiro atoms. The molecule has 1 amide bonds. The standard InChI is InChI=1S/C13H17F2NO4/c1-2-20-12(19)10-6-8(17)5-9(10)11(18)16-4-3-13(14,15)7-16/h9-10H,2-7H2,1H3/t9-,10-/m1/s1. The van der Waals surface area contributed by atoms with Gasteiger partial charge < -0.3 is 9.64 Å². The van der Waals surface area contributed by atoms with E-state index in [-0.39, 0.29) is 38.2 Å². The van der Waals surface area contributed by atoms with E-state index >= 15 is 0 Å². The number of amides is 1. The third-order valence-electron chi connectivity index (χ3n) is 3.77. The summed E-state index contributed by atoms with van der Waals surface area (Å²) in [5.74, 6) is -5.89. The van der Waals surface area contributed by atoms with Gasteiger partial charge in [0.15, 0.2) is 0 Å². The SMILES string of the molecule is CCOC(=O)[C@@H]1CC(=O)C[C@H]1C(=O)N1CCC(F)(F)C1. The van der Waals surface area contributed by atoms with Crippen molar-refractivity contribution < 1.29 is 27.9 Å². The third kappa shape index (κ3) is 2.96. The van der Waals surface area contributed by atoms with Crippen molar-refractivity contribution in [3.05, 3.63) is 0 Å². The van der Waals surface area contributed by atoms with E-state index < -0.39 is 36.2 Å². The van der Waals surface area contributed by atoms with Crippen LogP contribution in [0.1, 0.15) is 26.2 Å². The number of likely N-dealkylation sites (tertiary alicyclic amines) is 1. The van der Waals surface area contributed by atoms with Crippen LogP contribution in [0.15, 0.2) is 0 Å². The minimum absolute atomic E-state index is 0.0356. The average molecular weight is 289 g/mol. The van der Waals surface area contributed by atoms with Crippen molar-refractivity contribution in [3.63, 3.8) is 0 Å². The van der Waals surface area contributed by atoms with Crippen molar-refractivity contribution in [3.8, 4) is 0 Å². The monoisotopic (exact) mass is 289 g/mol. The summed E-state index contributed by atoms with van der Waals surface area (Å²) < 4.78 is 31.1. The first-order chi connectivity index (χ1) is 9.34. The number of Topliss-reactive ketones (excluding diaryl/α,β-unsaturated/α-hetero) is 1. The van der Waals surface area contributed by atoms with E-state index in [0.717, 1.165) is 4.90 Å². The molecule has 0 aromatic heterocycles. The lowest BCUT2D eigenvalue weighted by Crippen LogP contribution is -2.39. The van der Waals surface area contributed by atoms with Crippen LogP contribution in [-0.4, -0.2) is 48.2 Å².